The standard InChI is InChI=1S/C100H70N2O8/c1-45(2)77-41-59(109-99(107)49(9)10)42-78(46(3)4)93(77)101-95(103)73-29-25-65-61-17-21-69-81-37-55-33-51-13-15-53-35-57-39-83-71-23-19-63-67-27-31-75-92-76(98(106)102(97(75)105)94-79(47(5)6)43-60(44-80(94)48(7)8)110-100(108)50(11)12)32-28-68(88(67)92)64-20-24-72(90(71)86(63)64)84(83)40-58(57)36-54(53)16-14-52(51)34-56(55)38-82(81)70-22-18-62(85(61)89(69)70)66-26-30-74(96(101)104)91(73)87(65)66/h13-48H,9,11H2,1-8,10,12H3. The minimum Gasteiger partial charge on any atom is -0.423 e. The fourth-order valence-corrected chi connectivity index (χ4v) is 19.1. The number of anilines is 2. The Balaban J connectivity index is 0.612. The molecule has 5 aliphatic rings. The van der Waals surface area contributed by atoms with Crippen molar-refractivity contribution in [3.63, 3.8) is 0 Å². The van der Waals surface area contributed by atoms with Crippen molar-refractivity contribution in [2.24, 2.45) is 0 Å². The van der Waals surface area contributed by atoms with Crippen LogP contribution in [-0.2, 0) is 9.59 Å². The highest BCUT2D eigenvalue weighted by Crippen LogP contribution is 2.58. The lowest BCUT2D eigenvalue weighted by Gasteiger charge is -2.33. The zero-order valence-corrected chi connectivity index (χ0v) is 62.4. The van der Waals surface area contributed by atoms with E-state index in [1.807, 2.05) is 79.7 Å². The Hall–Kier alpha value is -13.2. The van der Waals surface area contributed by atoms with Crippen molar-refractivity contribution >= 4 is 179 Å². The van der Waals surface area contributed by atoms with Gasteiger partial charge in [0.25, 0.3) is 23.6 Å². The molecule has 0 bridgehead atoms. The largest absolute Gasteiger partial charge is 0.423 e. The predicted molar refractivity (Wildman–Crippen MR) is 449 cm³/mol. The summed E-state index contributed by atoms with van der Waals surface area (Å²) in [6.07, 6.45) is 9.04. The summed E-state index contributed by atoms with van der Waals surface area (Å²) in [6, 6.07) is 59.7. The van der Waals surface area contributed by atoms with Crippen molar-refractivity contribution in [1.82, 2.24) is 0 Å². The summed E-state index contributed by atoms with van der Waals surface area (Å²) in [7, 11) is 0. The first-order valence-corrected chi connectivity index (χ1v) is 37.9. The monoisotopic (exact) mass is 1430 g/mol. The lowest BCUT2D eigenvalue weighted by molar-refractivity contribution is -0.130. The molecule has 16 aromatic rings. The molecule has 10 nitrogen and oxygen atoms in total. The summed E-state index contributed by atoms with van der Waals surface area (Å²) >= 11 is 0. The highest BCUT2D eigenvalue weighted by atomic mass is 16.5. The number of hydrogen-bond acceptors (Lipinski definition) is 8. The summed E-state index contributed by atoms with van der Waals surface area (Å²) in [6.45, 7) is 26.8. The second-order valence-electron chi connectivity index (χ2n) is 32.2. The van der Waals surface area contributed by atoms with Gasteiger partial charge in [-0.1, -0.05) is 166 Å². The van der Waals surface area contributed by atoms with E-state index in [0.717, 1.165) is 131 Å². The Morgan fingerprint density at radius 3 is 0.700 bits per heavy atom. The van der Waals surface area contributed by atoms with Crippen molar-refractivity contribution in [2.45, 2.75) is 92.9 Å². The first-order chi connectivity index (χ1) is 53.0. The molecule has 0 fully saturated rings. The number of ether oxygens (including phenoxy) is 2. The highest BCUT2D eigenvalue weighted by Gasteiger charge is 2.42. The van der Waals surface area contributed by atoms with E-state index in [1.165, 1.54) is 65.1 Å². The van der Waals surface area contributed by atoms with E-state index in [9.17, 15) is 9.59 Å². The van der Waals surface area contributed by atoms with Gasteiger partial charge in [-0.25, -0.2) is 19.4 Å². The Labute approximate surface area is 633 Å². The van der Waals surface area contributed by atoms with Gasteiger partial charge in [0.1, 0.15) is 11.5 Å². The third-order valence-electron chi connectivity index (χ3n) is 24.3. The lowest BCUT2D eigenvalue weighted by Crippen LogP contribution is -2.41. The Kier molecular flexibility index (Phi) is 13.4. The Morgan fingerprint density at radius 2 is 0.491 bits per heavy atom. The molecular formula is C100H70N2O8. The number of esters is 2. The maximum absolute atomic E-state index is 15.3. The van der Waals surface area contributed by atoms with Crippen molar-refractivity contribution in [2.75, 3.05) is 9.80 Å². The van der Waals surface area contributed by atoms with Crippen LogP contribution in [0.5, 0.6) is 11.5 Å². The average Bonchev–Trinajstić information content (AvgIpc) is 1.07. The fourth-order valence-electron chi connectivity index (χ4n) is 19.1. The van der Waals surface area contributed by atoms with Gasteiger partial charge in [0, 0.05) is 44.2 Å². The summed E-state index contributed by atoms with van der Waals surface area (Å²) in [5, 5.41) is 20.7. The first-order valence-electron chi connectivity index (χ1n) is 37.9. The molecule has 0 saturated heterocycles. The molecule has 10 heteroatoms. The molecule has 0 unspecified atom stereocenters. The van der Waals surface area contributed by atoms with Gasteiger partial charge in [0.05, 0.1) is 11.4 Å². The van der Waals surface area contributed by atoms with E-state index >= 15 is 19.2 Å². The normalized spacial score (nSPS) is 14.0. The Bertz CT molecular complexity index is 6490. The quantitative estimate of drug-likeness (QED) is 0.0331. The molecule has 4 amide bonds. The van der Waals surface area contributed by atoms with Crippen LogP contribution in [0.4, 0.5) is 11.4 Å². The van der Waals surface area contributed by atoms with E-state index in [-0.39, 0.29) is 58.4 Å². The molecule has 3 aliphatic carbocycles. The number of fused-ring (bicyclic) bond motifs is 14. The number of hydrogen-bond donors (Lipinski definition) is 0. The van der Waals surface area contributed by atoms with Gasteiger partial charge in [-0.05, 0) is 321 Å². The molecule has 0 spiro atoms. The number of benzene rings is 16. The van der Waals surface area contributed by atoms with Gasteiger partial charge in [0.15, 0.2) is 0 Å². The second kappa shape index (κ2) is 22.7. The van der Waals surface area contributed by atoms with Gasteiger partial charge in [-0.3, -0.25) is 19.2 Å². The van der Waals surface area contributed by atoms with Crippen LogP contribution < -0.4 is 19.3 Å². The van der Waals surface area contributed by atoms with E-state index in [2.05, 4.69) is 159 Å². The molecule has 0 atom stereocenters. The summed E-state index contributed by atoms with van der Waals surface area (Å²) < 4.78 is 11.5. The molecule has 2 aliphatic heterocycles. The highest BCUT2D eigenvalue weighted by molar-refractivity contribution is 6.46. The molecule has 2 heterocycles. The minimum atomic E-state index is -0.541. The smallest absolute Gasteiger partial charge is 0.338 e. The number of carbonyl (C=O) groups excluding carboxylic acids is 6. The summed E-state index contributed by atoms with van der Waals surface area (Å²) in [4.78, 5) is 89.3. The van der Waals surface area contributed by atoms with E-state index in [4.69, 9.17) is 9.47 Å². The van der Waals surface area contributed by atoms with Gasteiger partial charge < -0.3 is 9.47 Å². The number of amides is 4. The van der Waals surface area contributed by atoms with Crippen LogP contribution in [0.3, 0.4) is 0 Å². The zero-order chi connectivity index (χ0) is 75.5. The first kappa shape index (κ1) is 65.1. The van der Waals surface area contributed by atoms with Crippen LogP contribution in [0, 0.1) is 0 Å². The predicted octanol–water partition coefficient (Wildman–Crippen LogP) is 25.1. The SMILES string of the molecule is C=C(C)C(=O)Oc1cc(C(C)C)c(N2C(=O)c3ccc4c5ccc6c7c(ccc(c8ccc(c3c48)C2=O)c75)-c2cc3cc4c(cc3cc2-6)C=Cc2cc3cc5c(cc3cc2C=C4)-c2ccc3c4ccc6c7c(ccc(c8ccc-5c2c83)c74)C(=O)N(c2c(C(C)C)cc(OC(=O)C(=C)C)cc2C(C)C)C6=O)c(C(C)C)c1. The number of nitrogens with zero attached hydrogens (tertiary/aromatic N) is 2. The van der Waals surface area contributed by atoms with Crippen molar-refractivity contribution in [3.8, 4) is 56.0 Å². The lowest BCUT2D eigenvalue weighted by atomic mass is 9.83. The average molecular weight is 1430 g/mol. The van der Waals surface area contributed by atoms with Crippen LogP contribution in [-0.4, -0.2) is 35.6 Å². The molecule has 0 radical (unpaired) electrons. The summed E-state index contributed by atoms with van der Waals surface area (Å²) in [5.74, 6) is -2.44. The van der Waals surface area contributed by atoms with Crippen LogP contribution in [0.25, 0.3) is 177 Å². The molecule has 0 aromatic heterocycles. The van der Waals surface area contributed by atoms with Crippen molar-refractivity contribution in [1.29, 1.82) is 0 Å². The molecule has 0 N–H and O–H groups in total. The molecule has 16 aromatic carbocycles. The third-order valence-corrected chi connectivity index (χ3v) is 24.3. The molecular weight excluding hydrogens is 1360 g/mol. The van der Waals surface area contributed by atoms with E-state index in [0.29, 0.717) is 55.9 Å². The molecule has 110 heavy (non-hydrogen) atoms. The van der Waals surface area contributed by atoms with E-state index < -0.39 is 11.9 Å². The van der Waals surface area contributed by atoms with Crippen LogP contribution in [0.2, 0.25) is 0 Å². The van der Waals surface area contributed by atoms with E-state index in [1.54, 1.807) is 38.1 Å². The maximum Gasteiger partial charge on any atom is 0.338 e. The van der Waals surface area contributed by atoms with Crippen molar-refractivity contribution in [3.05, 3.63) is 261 Å². The van der Waals surface area contributed by atoms with Crippen LogP contribution in [0.15, 0.2) is 194 Å². The minimum absolute atomic E-state index is 0.126. The van der Waals surface area contributed by atoms with Gasteiger partial charge in [-0.2, -0.15) is 0 Å². The van der Waals surface area contributed by atoms with Crippen LogP contribution >= 0.6 is 0 Å². The van der Waals surface area contributed by atoms with Crippen molar-refractivity contribution < 1.29 is 38.2 Å². The van der Waals surface area contributed by atoms with Gasteiger partial charge in [-0.15, -0.1) is 0 Å². The zero-order valence-electron chi connectivity index (χ0n) is 62.4. The maximum atomic E-state index is 15.3. The topological polar surface area (TPSA) is 127 Å². The molecule has 21 rings (SSSR count). The van der Waals surface area contributed by atoms with Gasteiger partial charge >= 0.3 is 11.9 Å². The fraction of sp³-hybridized carbons (Fsp3) is 0.140. The van der Waals surface area contributed by atoms with Gasteiger partial charge in [0.2, 0.25) is 0 Å². The number of imide groups is 2. The third kappa shape index (κ3) is 8.75. The van der Waals surface area contributed by atoms with Crippen LogP contribution in [0.1, 0.15) is 179 Å². The Morgan fingerprint density at radius 1 is 0.282 bits per heavy atom. The second-order valence-corrected chi connectivity index (χ2v) is 32.2. The number of carbonyl (C=O) groups is 6. The summed E-state index contributed by atoms with van der Waals surface area (Å²) in [5.41, 5.74) is 20.4. The number of rotatable bonds is 10. The molecule has 0 saturated carbocycles. The molecule has 528 valence electrons.